The van der Waals surface area contributed by atoms with Gasteiger partial charge in [-0.15, -0.1) is 0 Å². The lowest BCUT2D eigenvalue weighted by molar-refractivity contribution is -0.140. The highest BCUT2D eigenvalue weighted by molar-refractivity contribution is 5.77. The highest BCUT2D eigenvalue weighted by Gasteiger charge is 2.43. The zero-order valence-corrected chi connectivity index (χ0v) is 11.6. The molecule has 0 aromatic carbocycles. The average Bonchev–Trinajstić information content (AvgIpc) is 2.61. The number of carboxylic acids is 1. The van der Waals surface area contributed by atoms with Gasteiger partial charge in [-0.05, 0) is 38.1 Å². The van der Waals surface area contributed by atoms with Crippen LogP contribution in [0.2, 0.25) is 0 Å². The Morgan fingerprint density at radius 2 is 1.89 bits per heavy atom. The van der Waals surface area contributed by atoms with E-state index in [1.807, 2.05) is 6.92 Å². The molecule has 2 rings (SSSR count). The number of amides is 1. The number of carboxylic acid groups (broad SMARTS) is 1. The highest BCUT2D eigenvalue weighted by Crippen LogP contribution is 2.40. The number of nitrogens with zero attached hydrogens (tertiary/aromatic N) is 1. The molecule has 2 saturated heterocycles. The molecule has 2 bridgehead atoms. The van der Waals surface area contributed by atoms with Crippen molar-refractivity contribution < 1.29 is 14.7 Å². The van der Waals surface area contributed by atoms with Crippen LogP contribution in [0.4, 0.5) is 0 Å². The van der Waals surface area contributed by atoms with Crippen molar-refractivity contribution in [3.8, 4) is 0 Å². The highest BCUT2D eigenvalue weighted by atomic mass is 16.4. The first-order valence-corrected chi connectivity index (χ1v) is 7.35. The fraction of sp³-hybridized carbons (Fsp3) is 0.857. The summed E-state index contributed by atoms with van der Waals surface area (Å²) in [6.07, 6.45) is 4.66. The van der Waals surface area contributed by atoms with Gasteiger partial charge in [0.1, 0.15) is 0 Å². The summed E-state index contributed by atoms with van der Waals surface area (Å²) in [5.41, 5.74) is 0. The van der Waals surface area contributed by atoms with Gasteiger partial charge in [-0.1, -0.05) is 6.92 Å². The van der Waals surface area contributed by atoms with E-state index in [2.05, 4.69) is 10.2 Å². The van der Waals surface area contributed by atoms with Crippen LogP contribution in [-0.4, -0.2) is 47.1 Å². The third-order valence-corrected chi connectivity index (χ3v) is 4.35. The van der Waals surface area contributed by atoms with Crippen molar-refractivity contribution in [3.05, 3.63) is 0 Å². The lowest BCUT2D eigenvalue weighted by Crippen LogP contribution is -2.47. The molecule has 5 heteroatoms. The van der Waals surface area contributed by atoms with Crippen LogP contribution < -0.4 is 5.32 Å². The first kappa shape index (κ1) is 14.3. The first-order valence-electron chi connectivity index (χ1n) is 7.35. The second kappa shape index (κ2) is 6.37. The van der Waals surface area contributed by atoms with Gasteiger partial charge in [0.05, 0.1) is 0 Å². The first-order chi connectivity index (χ1) is 9.11. The largest absolute Gasteiger partial charge is 0.481 e. The van der Waals surface area contributed by atoms with Gasteiger partial charge in [0.15, 0.2) is 0 Å². The number of nitrogens with one attached hydrogen (secondary N) is 1. The molecular weight excluding hydrogens is 244 g/mol. The van der Waals surface area contributed by atoms with Crippen LogP contribution in [0.3, 0.4) is 0 Å². The summed E-state index contributed by atoms with van der Waals surface area (Å²) in [4.78, 5) is 25.1. The molecule has 0 spiro atoms. The Morgan fingerprint density at radius 3 is 2.42 bits per heavy atom. The molecule has 2 aliphatic heterocycles. The standard InChI is InChI=1S/C14H24N2O3/c1-2-15-6-5-13(17)16-11-3-4-12(16)8-10(7-11)9-14(18)19/h10-12,15H,2-9H2,1H3,(H,18,19). The molecule has 0 saturated carbocycles. The molecule has 2 unspecified atom stereocenters. The normalized spacial score (nSPS) is 29.5. The molecule has 5 nitrogen and oxygen atoms in total. The zero-order chi connectivity index (χ0) is 13.8. The van der Waals surface area contributed by atoms with E-state index in [9.17, 15) is 9.59 Å². The predicted octanol–water partition coefficient (Wildman–Crippen LogP) is 1.23. The molecule has 0 aromatic heterocycles. The summed E-state index contributed by atoms with van der Waals surface area (Å²) < 4.78 is 0. The van der Waals surface area contributed by atoms with E-state index < -0.39 is 5.97 Å². The number of aliphatic carboxylic acids is 1. The second-order valence-electron chi connectivity index (χ2n) is 5.72. The molecule has 2 aliphatic rings. The van der Waals surface area contributed by atoms with E-state index >= 15 is 0 Å². The summed E-state index contributed by atoms with van der Waals surface area (Å²) in [5, 5.41) is 12.1. The topological polar surface area (TPSA) is 69.6 Å². The third kappa shape index (κ3) is 3.47. The number of hydrogen-bond donors (Lipinski definition) is 2. The molecule has 108 valence electrons. The van der Waals surface area contributed by atoms with Crippen LogP contribution in [0.25, 0.3) is 0 Å². The van der Waals surface area contributed by atoms with Gasteiger partial charge in [-0.2, -0.15) is 0 Å². The molecule has 2 heterocycles. The summed E-state index contributed by atoms with van der Waals surface area (Å²) in [6.45, 7) is 3.66. The maximum atomic E-state index is 12.2. The monoisotopic (exact) mass is 268 g/mol. The van der Waals surface area contributed by atoms with E-state index in [1.54, 1.807) is 0 Å². The van der Waals surface area contributed by atoms with E-state index in [1.165, 1.54) is 0 Å². The average molecular weight is 268 g/mol. The Bertz CT molecular complexity index is 332. The SMILES string of the molecule is CCNCCC(=O)N1C2CCC1CC(CC(=O)O)C2. The van der Waals surface area contributed by atoms with E-state index in [0.717, 1.165) is 38.8 Å². The minimum absolute atomic E-state index is 0.238. The van der Waals surface area contributed by atoms with Gasteiger partial charge in [0, 0.05) is 31.5 Å². The number of fused-ring (bicyclic) bond motifs is 2. The molecule has 2 atom stereocenters. The van der Waals surface area contributed by atoms with E-state index in [-0.39, 0.29) is 30.3 Å². The van der Waals surface area contributed by atoms with Crippen LogP contribution in [0.5, 0.6) is 0 Å². The molecule has 19 heavy (non-hydrogen) atoms. The molecule has 1 amide bonds. The van der Waals surface area contributed by atoms with Crippen molar-refractivity contribution >= 4 is 11.9 Å². The van der Waals surface area contributed by atoms with E-state index in [4.69, 9.17) is 5.11 Å². The van der Waals surface area contributed by atoms with Crippen molar-refractivity contribution in [1.82, 2.24) is 10.2 Å². The Hall–Kier alpha value is -1.10. The van der Waals surface area contributed by atoms with Crippen LogP contribution in [-0.2, 0) is 9.59 Å². The van der Waals surface area contributed by atoms with Crippen LogP contribution >= 0.6 is 0 Å². The quantitative estimate of drug-likeness (QED) is 0.711. The molecule has 0 aliphatic carbocycles. The number of carbonyl (C=O) groups excluding carboxylic acids is 1. The lowest BCUT2D eigenvalue weighted by atomic mass is 9.88. The van der Waals surface area contributed by atoms with Crippen molar-refractivity contribution in [2.24, 2.45) is 5.92 Å². The van der Waals surface area contributed by atoms with Crippen LogP contribution in [0.15, 0.2) is 0 Å². The molecule has 0 aromatic rings. The summed E-state index contributed by atoms with van der Waals surface area (Å²) in [5.74, 6) is -0.216. The number of carbonyl (C=O) groups is 2. The molecular formula is C14H24N2O3. The maximum absolute atomic E-state index is 12.2. The van der Waals surface area contributed by atoms with Gasteiger partial charge in [-0.25, -0.2) is 0 Å². The van der Waals surface area contributed by atoms with Gasteiger partial charge in [-0.3, -0.25) is 9.59 Å². The van der Waals surface area contributed by atoms with Gasteiger partial charge >= 0.3 is 5.97 Å². The Labute approximate surface area is 114 Å². The van der Waals surface area contributed by atoms with Gasteiger partial charge < -0.3 is 15.3 Å². The minimum Gasteiger partial charge on any atom is -0.481 e. The molecule has 2 N–H and O–H groups in total. The number of hydrogen-bond acceptors (Lipinski definition) is 3. The van der Waals surface area contributed by atoms with Crippen molar-refractivity contribution in [1.29, 1.82) is 0 Å². The fourth-order valence-corrected chi connectivity index (χ4v) is 3.61. The Kier molecular flexibility index (Phi) is 4.80. The fourth-order valence-electron chi connectivity index (χ4n) is 3.61. The van der Waals surface area contributed by atoms with Crippen molar-refractivity contribution in [3.63, 3.8) is 0 Å². The molecule has 0 radical (unpaired) electrons. The predicted molar refractivity (Wildman–Crippen MR) is 71.8 cm³/mol. The zero-order valence-electron chi connectivity index (χ0n) is 11.6. The lowest BCUT2D eigenvalue weighted by Gasteiger charge is -2.38. The smallest absolute Gasteiger partial charge is 0.303 e. The Balaban J connectivity index is 1.88. The van der Waals surface area contributed by atoms with Crippen molar-refractivity contribution in [2.45, 2.75) is 57.5 Å². The van der Waals surface area contributed by atoms with Crippen LogP contribution in [0.1, 0.15) is 45.4 Å². The van der Waals surface area contributed by atoms with Gasteiger partial charge in [0.25, 0.3) is 0 Å². The van der Waals surface area contributed by atoms with Crippen LogP contribution in [0, 0.1) is 5.92 Å². The van der Waals surface area contributed by atoms with Crippen molar-refractivity contribution in [2.75, 3.05) is 13.1 Å². The van der Waals surface area contributed by atoms with Gasteiger partial charge in [0.2, 0.25) is 5.91 Å². The number of rotatable bonds is 6. The van der Waals surface area contributed by atoms with E-state index in [0.29, 0.717) is 6.42 Å². The second-order valence-corrected chi connectivity index (χ2v) is 5.72. The Morgan fingerprint density at radius 1 is 1.26 bits per heavy atom. The minimum atomic E-state index is -0.712. The summed E-state index contributed by atoms with van der Waals surface area (Å²) in [7, 11) is 0. The maximum Gasteiger partial charge on any atom is 0.303 e. The summed E-state index contributed by atoms with van der Waals surface area (Å²) >= 11 is 0. The third-order valence-electron chi connectivity index (χ3n) is 4.35. The number of piperidine rings is 1. The molecule has 2 fully saturated rings. The summed E-state index contributed by atoms with van der Waals surface area (Å²) in [6, 6.07) is 0.578.